The monoisotopic (exact) mass is 420 g/mol. The first-order valence-electron chi connectivity index (χ1n) is 8.20. The van der Waals surface area contributed by atoms with Gasteiger partial charge in [-0.25, -0.2) is 9.59 Å². The van der Waals surface area contributed by atoms with Crippen molar-refractivity contribution in [3.8, 4) is 0 Å². The predicted octanol–water partition coefficient (Wildman–Crippen LogP) is 3.88. The first-order chi connectivity index (χ1) is 13.3. The Kier molecular flexibility index (Phi) is 5.71. The Balaban J connectivity index is 1.88. The van der Waals surface area contributed by atoms with Crippen LogP contribution >= 0.6 is 22.9 Å². The Labute approximate surface area is 169 Å². The summed E-state index contributed by atoms with van der Waals surface area (Å²) in [6.45, 7) is 1.63. The van der Waals surface area contributed by atoms with Crippen LogP contribution in [-0.4, -0.2) is 36.6 Å². The lowest BCUT2D eigenvalue weighted by Crippen LogP contribution is -2.19. The van der Waals surface area contributed by atoms with Gasteiger partial charge in [0, 0.05) is 22.1 Å². The molecular formula is C19H17ClN2O5S. The third-order valence-corrected chi connectivity index (χ3v) is 5.63. The summed E-state index contributed by atoms with van der Waals surface area (Å²) in [6, 6.07) is 7.25. The largest absolute Gasteiger partial charge is 0.465 e. The van der Waals surface area contributed by atoms with Crippen molar-refractivity contribution in [3.63, 3.8) is 0 Å². The number of amides is 1. The van der Waals surface area contributed by atoms with Crippen LogP contribution in [0.25, 0.3) is 10.9 Å². The number of halogens is 1. The van der Waals surface area contributed by atoms with Gasteiger partial charge in [0.05, 0.1) is 19.8 Å². The number of ether oxygens (including phenoxy) is 2. The van der Waals surface area contributed by atoms with E-state index in [1.54, 1.807) is 23.8 Å². The Hall–Kier alpha value is -2.84. The van der Waals surface area contributed by atoms with Gasteiger partial charge in [0.15, 0.2) is 0 Å². The van der Waals surface area contributed by atoms with Gasteiger partial charge < -0.3 is 19.4 Å². The van der Waals surface area contributed by atoms with Crippen LogP contribution in [0.4, 0.5) is 5.00 Å². The van der Waals surface area contributed by atoms with Crippen LogP contribution in [-0.2, 0) is 20.8 Å². The molecule has 2 aromatic heterocycles. The highest BCUT2D eigenvalue weighted by atomic mass is 35.5. The van der Waals surface area contributed by atoms with Gasteiger partial charge in [0.1, 0.15) is 16.4 Å². The number of hydrogen-bond acceptors (Lipinski definition) is 6. The maximum absolute atomic E-state index is 12.6. The van der Waals surface area contributed by atoms with Crippen molar-refractivity contribution in [1.29, 1.82) is 0 Å². The lowest BCUT2D eigenvalue weighted by atomic mass is 10.1. The number of nitrogens with zero attached hydrogens (tertiary/aromatic N) is 1. The molecule has 0 spiro atoms. The highest BCUT2D eigenvalue weighted by Crippen LogP contribution is 2.34. The highest BCUT2D eigenvalue weighted by molar-refractivity contribution is 7.18. The number of benzene rings is 1. The summed E-state index contributed by atoms with van der Waals surface area (Å²) in [5.74, 6) is -1.57. The topological polar surface area (TPSA) is 86.6 Å². The van der Waals surface area contributed by atoms with Crippen molar-refractivity contribution < 1.29 is 23.9 Å². The molecule has 0 radical (unpaired) electrons. The van der Waals surface area contributed by atoms with Gasteiger partial charge >= 0.3 is 11.9 Å². The van der Waals surface area contributed by atoms with E-state index in [-0.39, 0.29) is 27.9 Å². The summed E-state index contributed by atoms with van der Waals surface area (Å²) < 4.78 is 11.3. The number of rotatable bonds is 5. The number of nitrogens with one attached hydrogen (secondary N) is 1. The summed E-state index contributed by atoms with van der Waals surface area (Å²) in [5, 5.41) is 4.47. The molecule has 0 atom stereocenters. The molecule has 0 saturated carbocycles. The molecule has 0 unspecified atom stereocenters. The lowest BCUT2D eigenvalue weighted by Gasteiger charge is -2.08. The molecule has 0 saturated heterocycles. The molecule has 7 nitrogen and oxygen atoms in total. The highest BCUT2D eigenvalue weighted by Gasteiger charge is 2.26. The molecular weight excluding hydrogens is 404 g/mol. The first-order valence-corrected chi connectivity index (χ1v) is 9.39. The van der Waals surface area contributed by atoms with Crippen LogP contribution in [0.2, 0.25) is 5.02 Å². The number of fused-ring (bicyclic) bond motifs is 1. The average Bonchev–Trinajstić information content (AvgIpc) is 3.20. The minimum atomic E-state index is -0.639. The van der Waals surface area contributed by atoms with Gasteiger partial charge in [-0.05, 0) is 36.8 Å². The molecule has 1 N–H and O–H groups in total. The summed E-state index contributed by atoms with van der Waals surface area (Å²) in [5.41, 5.74) is 1.40. The Morgan fingerprint density at radius 1 is 1.14 bits per heavy atom. The van der Waals surface area contributed by atoms with E-state index < -0.39 is 11.9 Å². The van der Waals surface area contributed by atoms with Gasteiger partial charge in [-0.15, -0.1) is 11.3 Å². The maximum atomic E-state index is 12.6. The molecule has 2 heterocycles. The Morgan fingerprint density at radius 2 is 1.86 bits per heavy atom. The van der Waals surface area contributed by atoms with E-state index in [1.807, 2.05) is 18.2 Å². The Morgan fingerprint density at radius 3 is 2.54 bits per heavy atom. The van der Waals surface area contributed by atoms with E-state index in [9.17, 15) is 14.4 Å². The fourth-order valence-electron chi connectivity index (χ4n) is 2.87. The fourth-order valence-corrected chi connectivity index (χ4v) is 4.18. The third-order valence-electron chi connectivity index (χ3n) is 4.21. The van der Waals surface area contributed by atoms with Crippen molar-refractivity contribution in [1.82, 2.24) is 4.57 Å². The molecule has 0 aliphatic rings. The number of carbonyl (C=O) groups is 3. The number of methoxy groups -OCH3 is 2. The zero-order valence-corrected chi connectivity index (χ0v) is 16.9. The molecule has 1 amide bonds. The van der Waals surface area contributed by atoms with E-state index in [1.165, 1.54) is 14.2 Å². The van der Waals surface area contributed by atoms with Crippen molar-refractivity contribution >= 4 is 56.7 Å². The molecule has 28 heavy (non-hydrogen) atoms. The molecule has 0 bridgehead atoms. The lowest BCUT2D eigenvalue weighted by molar-refractivity contribution is -0.116. The van der Waals surface area contributed by atoms with Gasteiger partial charge in [-0.1, -0.05) is 11.6 Å². The van der Waals surface area contributed by atoms with Gasteiger partial charge in [-0.3, -0.25) is 4.79 Å². The molecule has 9 heteroatoms. The van der Waals surface area contributed by atoms with Gasteiger partial charge in [0.25, 0.3) is 0 Å². The summed E-state index contributed by atoms with van der Waals surface area (Å²) in [6.07, 6.45) is 1.78. The zero-order valence-electron chi connectivity index (χ0n) is 15.4. The normalized spacial score (nSPS) is 10.7. The van der Waals surface area contributed by atoms with Crippen LogP contribution in [0.3, 0.4) is 0 Å². The molecule has 3 rings (SSSR count). The van der Waals surface area contributed by atoms with Crippen LogP contribution in [0, 0.1) is 6.92 Å². The van der Waals surface area contributed by atoms with E-state index in [0.29, 0.717) is 10.6 Å². The fraction of sp³-hybridized carbons (Fsp3) is 0.211. The average molecular weight is 421 g/mol. The zero-order chi connectivity index (χ0) is 20.4. The number of hydrogen-bond donors (Lipinski definition) is 1. The quantitative estimate of drug-likeness (QED) is 0.633. The van der Waals surface area contributed by atoms with Gasteiger partial charge in [-0.2, -0.15) is 0 Å². The predicted molar refractivity (Wildman–Crippen MR) is 107 cm³/mol. The van der Waals surface area contributed by atoms with Crippen molar-refractivity contribution in [2.24, 2.45) is 0 Å². The second-order valence-electron chi connectivity index (χ2n) is 5.94. The molecule has 0 aliphatic heterocycles. The van der Waals surface area contributed by atoms with Crippen LogP contribution < -0.4 is 5.32 Å². The van der Waals surface area contributed by atoms with E-state index in [0.717, 1.165) is 22.2 Å². The SMILES string of the molecule is COC(=O)c1sc(NC(=O)Cn2ccc3cc(Cl)ccc32)c(C(=O)OC)c1C. The minimum Gasteiger partial charge on any atom is -0.465 e. The number of anilines is 1. The van der Waals surface area contributed by atoms with Crippen molar-refractivity contribution in [3.05, 3.63) is 51.5 Å². The number of aromatic nitrogens is 1. The van der Waals surface area contributed by atoms with E-state index in [4.69, 9.17) is 21.1 Å². The summed E-state index contributed by atoms with van der Waals surface area (Å²) in [4.78, 5) is 36.9. The second kappa shape index (κ2) is 8.04. The van der Waals surface area contributed by atoms with Crippen LogP contribution in [0.1, 0.15) is 25.6 Å². The van der Waals surface area contributed by atoms with Crippen molar-refractivity contribution in [2.75, 3.05) is 19.5 Å². The second-order valence-corrected chi connectivity index (χ2v) is 7.40. The standard InChI is InChI=1S/C19H17ClN2O5S/c1-10-15(18(24)26-2)17(28-16(10)19(25)27-3)21-14(23)9-22-7-6-11-8-12(20)4-5-13(11)22/h4-8H,9H2,1-3H3,(H,21,23). The minimum absolute atomic E-state index is 0.0241. The number of carbonyl (C=O) groups excluding carboxylic acids is 3. The molecule has 0 aliphatic carbocycles. The van der Waals surface area contributed by atoms with Crippen LogP contribution in [0.15, 0.2) is 30.5 Å². The maximum Gasteiger partial charge on any atom is 0.348 e. The first kappa shape index (κ1) is 19.9. The molecule has 146 valence electrons. The van der Waals surface area contributed by atoms with Crippen molar-refractivity contribution in [2.45, 2.75) is 13.5 Å². The number of thiophene rings is 1. The van der Waals surface area contributed by atoms with Crippen LogP contribution in [0.5, 0.6) is 0 Å². The number of esters is 2. The summed E-state index contributed by atoms with van der Waals surface area (Å²) in [7, 11) is 2.49. The molecule has 1 aromatic carbocycles. The van der Waals surface area contributed by atoms with E-state index in [2.05, 4.69) is 5.32 Å². The molecule has 3 aromatic rings. The summed E-state index contributed by atoms with van der Waals surface area (Å²) >= 11 is 6.96. The Bertz CT molecular complexity index is 1090. The third kappa shape index (κ3) is 3.74. The smallest absolute Gasteiger partial charge is 0.348 e. The van der Waals surface area contributed by atoms with E-state index >= 15 is 0 Å². The molecule has 0 fully saturated rings. The van der Waals surface area contributed by atoms with Gasteiger partial charge in [0.2, 0.25) is 5.91 Å².